The van der Waals surface area contributed by atoms with Gasteiger partial charge >= 0.3 is 6.09 Å². The number of likely N-dealkylation sites (tertiary alicyclic amines) is 1. The summed E-state index contributed by atoms with van der Waals surface area (Å²) in [6.45, 7) is 1.22. The van der Waals surface area contributed by atoms with Gasteiger partial charge in [0.15, 0.2) is 0 Å². The summed E-state index contributed by atoms with van der Waals surface area (Å²) in [5, 5.41) is 16.5. The number of fused-ring (bicyclic) bond motifs is 1. The van der Waals surface area contributed by atoms with Gasteiger partial charge in [-0.1, -0.05) is 18.2 Å². The molecular formula is C14H15N3O3. The minimum Gasteiger partial charge on any atom is -0.465 e. The van der Waals surface area contributed by atoms with Crippen LogP contribution in [0, 0.1) is 5.92 Å². The summed E-state index contributed by atoms with van der Waals surface area (Å²) in [7, 11) is 0. The van der Waals surface area contributed by atoms with E-state index in [0.717, 1.165) is 29.4 Å². The first-order valence-corrected chi connectivity index (χ1v) is 6.61. The molecule has 0 atom stereocenters. The lowest BCUT2D eigenvalue weighted by molar-refractivity contribution is 0.129. The van der Waals surface area contributed by atoms with Crippen LogP contribution in [0.1, 0.15) is 18.4 Å². The van der Waals surface area contributed by atoms with E-state index in [1.54, 1.807) is 0 Å². The van der Waals surface area contributed by atoms with E-state index in [-0.39, 0.29) is 0 Å². The van der Waals surface area contributed by atoms with E-state index >= 15 is 0 Å². The van der Waals surface area contributed by atoms with Crippen molar-refractivity contribution in [3.8, 4) is 0 Å². The zero-order valence-electron chi connectivity index (χ0n) is 10.9. The first-order chi connectivity index (χ1) is 9.72. The predicted molar refractivity (Wildman–Crippen MR) is 73.2 cm³/mol. The molecule has 1 aliphatic heterocycles. The number of piperidine rings is 1. The Morgan fingerprint density at radius 2 is 2.05 bits per heavy atom. The zero-order valence-corrected chi connectivity index (χ0v) is 10.9. The number of carboxylic acid groups (broad SMARTS) is 1. The standard InChI is InChI=1S/C14H15N3O3/c18-14(19)17-7-5-10(6-8-17)1-2-11-3-4-12-13(9-11)16-20-15-12/h1-4,9-10H,5-8H2,(H,18,19). The van der Waals surface area contributed by atoms with E-state index in [9.17, 15) is 4.79 Å². The fraction of sp³-hybridized carbons (Fsp3) is 0.357. The first kappa shape index (κ1) is 12.7. The molecule has 2 heterocycles. The number of carbonyl (C=O) groups is 1. The number of rotatable bonds is 2. The van der Waals surface area contributed by atoms with Crippen LogP contribution >= 0.6 is 0 Å². The van der Waals surface area contributed by atoms with Crippen LogP contribution in [-0.4, -0.2) is 39.5 Å². The van der Waals surface area contributed by atoms with Gasteiger partial charge in [-0.15, -0.1) is 0 Å². The van der Waals surface area contributed by atoms with Crippen LogP contribution in [0.15, 0.2) is 28.9 Å². The second-order valence-corrected chi connectivity index (χ2v) is 4.98. The normalized spacial score (nSPS) is 17.1. The van der Waals surface area contributed by atoms with E-state index in [2.05, 4.69) is 27.1 Å². The molecule has 0 saturated carbocycles. The highest BCUT2D eigenvalue weighted by molar-refractivity contribution is 5.76. The molecule has 3 rings (SSSR count). The Kier molecular flexibility index (Phi) is 3.37. The molecule has 1 saturated heterocycles. The summed E-state index contributed by atoms with van der Waals surface area (Å²) in [5.74, 6) is 0.428. The van der Waals surface area contributed by atoms with Crippen LogP contribution < -0.4 is 0 Å². The van der Waals surface area contributed by atoms with Gasteiger partial charge < -0.3 is 10.0 Å². The fourth-order valence-electron chi connectivity index (χ4n) is 2.43. The summed E-state index contributed by atoms with van der Waals surface area (Å²) in [6, 6.07) is 5.77. The van der Waals surface area contributed by atoms with E-state index in [0.29, 0.717) is 19.0 Å². The van der Waals surface area contributed by atoms with Gasteiger partial charge in [0, 0.05) is 13.1 Å². The lowest BCUT2D eigenvalue weighted by Gasteiger charge is -2.28. The van der Waals surface area contributed by atoms with Gasteiger partial charge in [0.05, 0.1) is 0 Å². The van der Waals surface area contributed by atoms with Crippen molar-refractivity contribution >= 4 is 23.2 Å². The third kappa shape index (κ3) is 2.64. The van der Waals surface area contributed by atoms with Crippen LogP contribution in [0.25, 0.3) is 17.1 Å². The monoisotopic (exact) mass is 273 g/mol. The maximum atomic E-state index is 10.8. The Balaban J connectivity index is 1.64. The van der Waals surface area contributed by atoms with Crippen molar-refractivity contribution in [2.45, 2.75) is 12.8 Å². The molecule has 1 fully saturated rings. The summed E-state index contributed by atoms with van der Waals surface area (Å²) >= 11 is 0. The van der Waals surface area contributed by atoms with Crippen LogP contribution in [0.2, 0.25) is 0 Å². The smallest absolute Gasteiger partial charge is 0.407 e. The molecular weight excluding hydrogens is 258 g/mol. The van der Waals surface area contributed by atoms with Gasteiger partial charge in [0.1, 0.15) is 11.0 Å². The molecule has 0 radical (unpaired) electrons. The Hall–Kier alpha value is -2.37. The second-order valence-electron chi connectivity index (χ2n) is 4.98. The van der Waals surface area contributed by atoms with Gasteiger partial charge in [-0.3, -0.25) is 0 Å². The van der Waals surface area contributed by atoms with Crippen molar-refractivity contribution < 1.29 is 14.5 Å². The number of nitrogens with zero attached hydrogens (tertiary/aromatic N) is 3. The Bertz CT molecular complexity index is 642. The van der Waals surface area contributed by atoms with Crippen molar-refractivity contribution in [3.63, 3.8) is 0 Å². The number of allylic oxidation sites excluding steroid dienone is 1. The lowest BCUT2D eigenvalue weighted by atomic mass is 9.96. The molecule has 1 amide bonds. The Morgan fingerprint density at radius 3 is 2.80 bits per heavy atom. The van der Waals surface area contributed by atoms with Crippen LogP contribution in [0.4, 0.5) is 4.79 Å². The summed E-state index contributed by atoms with van der Waals surface area (Å²) in [4.78, 5) is 12.3. The number of hydrogen-bond acceptors (Lipinski definition) is 4. The highest BCUT2D eigenvalue weighted by atomic mass is 16.6. The zero-order chi connectivity index (χ0) is 13.9. The largest absolute Gasteiger partial charge is 0.465 e. The van der Waals surface area contributed by atoms with E-state index in [4.69, 9.17) is 5.11 Å². The van der Waals surface area contributed by atoms with Crippen LogP contribution in [-0.2, 0) is 0 Å². The second kappa shape index (κ2) is 5.32. The van der Waals surface area contributed by atoms with Crippen LogP contribution in [0.3, 0.4) is 0 Å². The van der Waals surface area contributed by atoms with Gasteiger partial charge in [0.2, 0.25) is 0 Å². The summed E-state index contributed by atoms with van der Waals surface area (Å²) in [6.07, 6.45) is 5.12. The molecule has 20 heavy (non-hydrogen) atoms. The Morgan fingerprint density at radius 1 is 1.30 bits per heavy atom. The van der Waals surface area contributed by atoms with Crippen molar-refractivity contribution in [3.05, 3.63) is 29.8 Å². The summed E-state index contributed by atoms with van der Waals surface area (Å²) in [5.41, 5.74) is 2.54. The van der Waals surface area contributed by atoms with Gasteiger partial charge in [-0.25, -0.2) is 9.42 Å². The highest BCUT2D eigenvalue weighted by Crippen LogP contribution is 2.20. The van der Waals surface area contributed by atoms with Gasteiger partial charge in [0.25, 0.3) is 0 Å². The molecule has 2 aromatic rings. The maximum absolute atomic E-state index is 10.8. The molecule has 6 nitrogen and oxygen atoms in total. The lowest BCUT2D eigenvalue weighted by Crippen LogP contribution is -2.36. The van der Waals surface area contributed by atoms with Crippen molar-refractivity contribution in [1.82, 2.24) is 15.2 Å². The molecule has 1 aliphatic rings. The molecule has 0 spiro atoms. The number of aromatic nitrogens is 2. The third-order valence-electron chi connectivity index (χ3n) is 3.65. The number of amides is 1. The van der Waals surface area contributed by atoms with Crippen molar-refractivity contribution in [2.24, 2.45) is 5.92 Å². The van der Waals surface area contributed by atoms with Crippen molar-refractivity contribution in [1.29, 1.82) is 0 Å². The number of benzene rings is 1. The minimum absolute atomic E-state index is 0.428. The summed E-state index contributed by atoms with van der Waals surface area (Å²) < 4.78 is 4.66. The average Bonchev–Trinajstić information content (AvgIpc) is 2.93. The molecule has 0 unspecified atom stereocenters. The first-order valence-electron chi connectivity index (χ1n) is 6.61. The molecule has 104 valence electrons. The average molecular weight is 273 g/mol. The molecule has 0 aliphatic carbocycles. The van der Waals surface area contributed by atoms with Crippen molar-refractivity contribution in [2.75, 3.05) is 13.1 Å². The SMILES string of the molecule is O=C(O)N1CCC(C=Cc2ccc3nonc3c2)CC1. The molecule has 1 aromatic carbocycles. The number of hydrogen-bond donors (Lipinski definition) is 1. The molecule has 0 bridgehead atoms. The molecule has 1 aromatic heterocycles. The fourth-order valence-corrected chi connectivity index (χ4v) is 2.43. The predicted octanol–water partition coefficient (Wildman–Crippen LogP) is 2.63. The Labute approximate surface area is 115 Å². The van der Waals surface area contributed by atoms with Gasteiger partial charge in [-0.05, 0) is 46.8 Å². The molecule has 6 heteroatoms. The maximum Gasteiger partial charge on any atom is 0.407 e. The quantitative estimate of drug-likeness (QED) is 0.909. The minimum atomic E-state index is -0.823. The van der Waals surface area contributed by atoms with E-state index in [1.165, 1.54) is 4.90 Å². The van der Waals surface area contributed by atoms with E-state index in [1.807, 2.05) is 18.2 Å². The van der Waals surface area contributed by atoms with E-state index < -0.39 is 6.09 Å². The molecule has 1 N–H and O–H groups in total. The van der Waals surface area contributed by atoms with Crippen LogP contribution in [0.5, 0.6) is 0 Å². The third-order valence-corrected chi connectivity index (χ3v) is 3.65. The highest BCUT2D eigenvalue weighted by Gasteiger charge is 2.20. The topological polar surface area (TPSA) is 79.5 Å². The van der Waals surface area contributed by atoms with Gasteiger partial charge in [-0.2, -0.15) is 0 Å².